The van der Waals surface area contributed by atoms with E-state index in [9.17, 15) is 29.4 Å². The fraction of sp³-hybridized carbons (Fsp3) is 0.750. The van der Waals surface area contributed by atoms with Crippen LogP contribution in [-0.4, -0.2) is 83.7 Å². The summed E-state index contributed by atoms with van der Waals surface area (Å²) in [5, 5.41) is 26.2. The van der Waals surface area contributed by atoms with Crippen molar-refractivity contribution >= 4 is 29.7 Å². The predicted molar refractivity (Wildman–Crippen MR) is 126 cm³/mol. The lowest BCUT2D eigenvalue weighted by molar-refractivity contribution is -0.143. The Morgan fingerprint density at radius 3 is 1.97 bits per heavy atom. The van der Waals surface area contributed by atoms with Crippen molar-refractivity contribution in [3.8, 4) is 0 Å². The van der Waals surface area contributed by atoms with Gasteiger partial charge in [0.15, 0.2) is 5.96 Å². The number of guanidine groups is 1. The highest BCUT2D eigenvalue weighted by atomic mass is 16.4. The first kappa shape index (κ1) is 31.0. The van der Waals surface area contributed by atoms with Crippen molar-refractivity contribution in [3.63, 3.8) is 0 Å². The lowest BCUT2D eigenvalue weighted by Crippen LogP contribution is -2.58. The number of carbonyl (C=O) groups excluding carboxylic acids is 3. The number of unbranched alkanes of at least 4 members (excludes halogenated alkanes) is 1. The van der Waals surface area contributed by atoms with Gasteiger partial charge in [0.25, 0.3) is 0 Å². The zero-order valence-corrected chi connectivity index (χ0v) is 19.8. The molecule has 0 heterocycles. The summed E-state index contributed by atoms with van der Waals surface area (Å²) in [5.41, 5.74) is 21.7. The molecule has 0 spiro atoms. The lowest BCUT2D eigenvalue weighted by Gasteiger charge is -2.25. The van der Waals surface area contributed by atoms with Gasteiger partial charge in [0, 0.05) is 6.54 Å². The predicted octanol–water partition coefficient (Wildman–Crippen LogP) is -3.32. The van der Waals surface area contributed by atoms with E-state index in [1.807, 2.05) is 0 Å². The summed E-state index contributed by atoms with van der Waals surface area (Å²) in [4.78, 5) is 52.9. The van der Waals surface area contributed by atoms with Crippen LogP contribution in [0.25, 0.3) is 0 Å². The first-order valence-electron chi connectivity index (χ1n) is 11.2. The van der Waals surface area contributed by atoms with Gasteiger partial charge in [-0.25, -0.2) is 4.79 Å². The highest BCUT2D eigenvalue weighted by molar-refractivity contribution is 5.94. The number of nitrogens with two attached hydrogens (primary N) is 4. The van der Waals surface area contributed by atoms with Gasteiger partial charge in [0.05, 0.1) is 12.6 Å². The van der Waals surface area contributed by atoms with Crippen LogP contribution in [0.1, 0.15) is 46.0 Å². The molecule has 13 N–H and O–H groups in total. The molecule has 0 aromatic carbocycles. The van der Waals surface area contributed by atoms with Gasteiger partial charge in [-0.15, -0.1) is 0 Å². The average Bonchev–Trinajstić information content (AvgIpc) is 2.76. The van der Waals surface area contributed by atoms with E-state index in [1.54, 1.807) is 13.8 Å². The number of hydrogen-bond donors (Lipinski definition) is 9. The molecule has 4 atom stereocenters. The maximum absolute atomic E-state index is 12.7. The number of carboxylic acids is 1. The molecule has 3 amide bonds. The van der Waals surface area contributed by atoms with Gasteiger partial charge in [-0.1, -0.05) is 13.8 Å². The number of nitrogens with zero attached hydrogens (tertiary/aromatic N) is 1. The summed E-state index contributed by atoms with van der Waals surface area (Å²) in [6.07, 6.45) is 1.92. The number of rotatable bonds is 17. The molecule has 14 heteroatoms. The standard InChI is InChI=1S/C20H40N8O6/c1-11(2)15(19(33)34)28-17(31)13(7-3-4-8-21)26-18(32)14(10-29)27-16(30)12(22)6-5-9-25-20(23)24/h11-15,29H,3-10,21-22H2,1-2H3,(H,26,32)(H,27,30)(H,28,31)(H,33,34)(H4,23,24,25). The Hall–Kier alpha value is -2.97. The molecule has 0 aliphatic rings. The number of aliphatic imine (C=N–C) groups is 1. The number of carbonyl (C=O) groups is 4. The molecule has 0 aromatic heterocycles. The highest BCUT2D eigenvalue weighted by Crippen LogP contribution is 2.06. The summed E-state index contributed by atoms with van der Waals surface area (Å²) in [6, 6.07) is -4.56. The molecule has 14 nitrogen and oxygen atoms in total. The van der Waals surface area contributed by atoms with Crippen molar-refractivity contribution in [1.29, 1.82) is 0 Å². The van der Waals surface area contributed by atoms with Gasteiger partial charge < -0.3 is 49.1 Å². The van der Waals surface area contributed by atoms with Crippen LogP contribution < -0.4 is 38.9 Å². The Labute approximate surface area is 199 Å². The minimum absolute atomic E-state index is 0.0804. The third-order valence-electron chi connectivity index (χ3n) is 4.93. The highest BCUT2D eigenvalue weighted by Gasteiger charge is 2.30. The van der Waals surface area contributed by atoms with Crippen LogP contribution in [0, 0.1) is 5.92 Å². The quantitative estimate of drug-likeness (QED) is 0.0558. The minimum atomic E-state index is -1.36. The zero-order valence-electron chi connectivity index (χ0n) is 19.8. The van der Waals surface area contributed by atoms with Gasteiger partial charge >= 0.3 is 5.97 Å². The SMILES string of the molecule is CC(C)C(NC(=O)C(CCCCN)NC(=O)C(CO)NC(=O)C(N)CCCN=C(N)N)C(=O)O. The molecule has 34 heavy (non-hydrogen) atoms. The largest absolute Gasteiger partial charge is 0.480 e. The molecule has 4 unspecified atom stereocenters. The molecule has 0 aliphatic heterocycles. The Morgan fingerprint density at radius 1 is 0.882 bits per heavy atom. The Bertz CT molecular complexity index is 699. The Balaban J connectivity index is 5.14. The Kier molecular flexibility index (Phi) is 15.2. The molecule has 0 fully saturated rings. The van der Waals surface area contributed by atoms with Crippen LogP contribution in [-0.2, 0) is 19.2 Å². The first-order valence-corrected chi connectivity index (χ1v) is 11.2. The average molecular weight is 489 g/mol. The van der Waals surface area contributed by atoms with E-state index >= 15 is 0 Å². The van der Waals surface area contributed by atoms with Gasteiger partial charge in [-0.05, 0) is 44.6 Å². The van der Waals surface area contributed by atoms with Crippen molar-refractivity contribution in [2.24, 2.45) is 33.8 Å². The molecule has 0 rings (SSSR count). The summed E-state index contributed by atoms with van der Waals surface area (Å²) in [7, 11) is 0. The minimum Gasteiger partial charge on any atom is -0.480 e. The van der Waals surface area contributed by atoms with E-state index in [2.05, 4.69) is 20.9 Å². The number of amides is 3. The molecule has 0 aromatic rings. The van der Waals surface area contributed by atoms with Crippen LogP contribution in [0.4, 0.5) is 0 Å². The monoisotopic (exact) mass is 488 g/mol. The second-order valence-electron chi connectivity index (χ2n) is 8.21. The summed E-state index contributed by atoms with van der Waals surface area (Å²) in [5.74, 6) is -3.85. The molecular formula is C20H40N8O6. The van der Waals surface area contributed by atoms with Gasteiger partial charge in [0.1, 0.15) is 18.1 Å². The molecular weight excluding hydrogens is 448 g/mol. The van der Waals surface area contributed by atoms with Crippen LogP contribution in [0.15, 0.2) is 4.99 Å². The fourth-order valence-corrected chi connectivity index (χ4v) is 2.92. The third kappa shape index (κ3) is 12.3. The fourth-order valence-electron chi connectivity index (χ4n) is 2.92. The molecule has 196 valence electrons. The van der Waals surface area contributed by atoms with E-state index in [-0.39, 0.29) is 31.3 Å². The van der Waals surface area contributed by atoms with Crippen LogP contribution >= 0.6 is 0 Å². The van der Waals surface area contributed by atoms with Crippen molar-refractivity contribution in [2.75, 3.05) is 19.7 Å². The maximum Gasteiger partial charge on any atom is 0.326 e. The normalized spacial score (nSPS) is 14.4. The second kappa shape index (κ2) is 16.6. The first-order chi connectivity index (χ1) is 15.9. The third-order valence-corrected chi connectivity index (χ3v) is 4.93. The summed E-state index contributed by atoms with van der Waals surface area (Å²) >= 11 is 0. The number of aliphatic hydroxyl groups excluding tert-OH is 1. The number of carboxylic acid groups (broad SMARTS) is 1. The smallest absolute Gasteiger partial charge is 0.326 e. The topological polar surface area (TPSA) is 261 Å². The van der Waals surface area contributed by atoms with E-state index in [1.165, 1.54) is 0 Å². The summed E-state index contributed by atoms with van der Waals surface area (Å²) < 4.78 is 0. The number of nitrogens with one attached hydrogen (secondary N) is 3. The van der Waals surface area contributed by atoms with E-state index in [0.717, 1.165) is 0 Å². The molecule has 0 saturated carbocycles. The number of hydrogen-bond acceptors (Lipinski definition) is 8. The zero-order chi connectivity index (χ0) is 26.3. The van der Waals surface area contributed by atoms with Crippen LogP contribution in [0.3, 0.4) is 0 Å². The van der Waals surface area contributed by atoms with Crippen LogP contribution in [0.2, 0.25) is 0 Å². The molecule has 0 radical (unpaired) electrons. The number of aliphatic hydroxyl groups is 1. The van der Waals surface area contributed by atoms with Crippen molar-refractivity contribution in [3.05, 3.63) is 0 Å². The Morgan fingerprint density at radius 2 is 1.47 bits per heavy atom. The van der Waals surface area contributed by atoms with Gasteiger partial charge in [-0.2, -0.15) is 0 Å². The molecule has 0 bridgehead atoms. The van der Waals surface area contributed by atoms with Crippen molar-refractivity contribution < 1.29 is 29.4 Å². The summed E-state index contributed by atoms with van der Waals surface area (Å²) in [6.45, 7) is 3.19. The van der Waals surface area contributed by atoms with E-state index in [0.29, 0.717) is 25.8 Å². The maximum atomic E-state index is 12.7. The second-order valence-corrected chi connectivity index (χ2v) is 8.21. The van der Waals surface area contributed by atoms with Gasteiger partial charge in [-0.3, -0.25) is 19.4 Å². The van der Waals surface area contributed by atoms with E-state index in [4.69, 9.17) is 22.9 Å². The molecule has 0 aliphatic carbocycles. The van der Waals surface area contributed by atoms with E-state index < -0.39 is 54.5 Å². The van der Waals surface area contributed by atoms with Crippen LogP contribution in [0.5, 0.6) is 0 Å². The lowest BCUT2D eigenvalue weighted by atomic mass is 10.0. The van der Waals surface area contributed by atoms with Crippen molar-refractivity contribution in [2.45, 2.75) is 70.1 Å². The van der Waals surface area contributed by atoms with Gasteiger partial charge in [0.2, 0.25) is 17.7 Å². The molecule has 0 saturated heterocycles. The van der Waals surface area contributed by atoms with Crippen molar-refractivity contribution in [1.82, 2.24) is 16.0 Å². The number of aliphatic carboxylic acids is 1.